The second-order valence-corrected chi connectivity index (χ2v) is 4.40. The van der Waals surface area contributed by atoms with E-state index in [4.69, 9.17) is 4.74 Å². The molecule has 1 aliphatic rings. The van der Waals surface area contributed by atoms with Gasteiger partial charge in [-0.2, -0.15) is 0 Å². The van der Waals surface area contributed by atoms with Gasteiger partial charge in [0, 0.05) is 6.04 Å². The Hall–Kier alpha value is -0.570. The van der Waals surface area contributed by atoms with E-state index in [0.29, 0.717) is 12.0 Å². The molecule has 0 aromatic carbocycles. The molecule has 1 N–H and O–H groups in total. The highest BCUT2D eigenvalue weighted by Gasteiger charge is 2.33. The van der Waals surface area contributed by atoms with Crippen LogP contribution in [0, 0.1) is 11.8 Å². The lowest BCUT2D eigenvalue weighted by atomic mass is 9.85. The molecule has 1 rings (SSSR count). The quantitative estimate of drug-likeness (QED) is 0.709. The van der Waals surface area contributed by atoms with Crippen molar-refractivity contribution in [2.24, 2.45) is 11.8 Å². The van der Waals surface area contributed by atoms with Crippen molar-refractivity contribution in [2.75, 3.05) is 14.2 Å². The highest BCUT2D eigenvalue weighted by Crippen LogP contribution is 2.32. The van der Waals surface area contributed by atoms with Crippen LogP contribution in [-0.2, 0) is 9.53 Å². The van der Waals surface area contributed by atoms with E-state index in [0.717, 1.165) is 6.42 Å². The third kappa shape index (κ3) is 2.94. The van der Waals surface area contributed by atoms with Crippen molar-refractivity contribution in [3.63, 3.8) is 0 Å². The summed E-state index contributed by atoms with van der Waals surface area (Å²) in [5.41, 5.74) is 0. The van der Waals surface area contributed by atoms with Crippen LogP contribution in [0.15, 0.2) is 0 Å². The highest BCUT2D eigenvalue weighted by atomic mass is 16.5. The van der Waals surface area contributed by atoms with E-state index in [2.05, 4.69) is 12.2 Å². The standard InChI is InChI=1S/C12H23NO2/c1-4-10(12(14)15-3)11(13-2)9-7-5-6-8-9/h9-11,13H,4-8H2,1-3H3. The summed E-state index contributed by atoms with van der Waals surface area (Å²) in [5.74, 6) is 0.603. The molecule has 2 unspecified atom stereocenters. The van der Waals surface area contributed by atoms with Gasteiger partial charge in [0.2, 0.25) is 0 Å². The molecule has 1 fully saturated rings. The third-order valence-electron chi connectivity index (χ3n) is 3.62. The van der Waals surface area contributed by atoms with Crippen LogP contribution in [0.25, 0.3) is 0 Å². The average molecular weight is 213 g/mol. The molecular weight excluding hydrogens is 190 g/mol. The summed E-state index contributed by atoms with van der Waals surface area (Å²) < 4.78 is 4.87. The zero-order valence-corrected chi connectivity index (χ0v) is 10.1. The molecule has 0 saturated heterocycles. The fourth-order valence-electron chi connectivity index (χ4n) is 2.80. The number of rotatable bonds is 5. The van der Waals surface area contributed by atoms with E-state index in [1.54, 1.807) is 0 Å². The summed E-state index contributed by atoms with van der Waals surface area (Å²) in [6.07, 6.45) is 5.97. The topological polar surface area (TPSA) is 38.3 Å². The Kier molecular flexibility index (Phi) is 5.09. The first kappa shape index (κ1) is 12.5. The van der Waals surface area contributed by atoms with Gasteiger partial charge in [-0.3, -0.25) is 4.79 Å². The minimum absolute atomic E-state index is 0.0168. The molecule has 1 saturated carbocycles. The molecule has 0 spiro atoms. The molecule has 15 heavy (non-hydrogen) atoms. The average Bonchev–Trinajstić information content (AvgIpc) is 2.77. The van der Waals surface area contributed by atoms with Gasteiger partial charge in [-0.15, -0.1) is 0 Å². The predicted molar refractivity (Wildman–Crippen MR) is 60.6 cm³/mol. The van der Waals surface area contributed by atoms with Crippen molar-refractivity contribution < 1.29 is 9.53 Å². The smallest absolute Gasteiger partial charge is 0.310 e. The second kappa shape index (κ2) is 6.11. The third-order valence-corrected chi connectivity index (χ3v) is 3.62. The number of methoxy groups -OCH3 is 1. The maximum Gasteiger partial charge on any atom is 0.310 e. The number of carbonyl (C=O) groups excluding carboxylic acids is 1. The SMILES string of the molecule is CCC(C(=O)OC)C(NC)C1CCCC1. The van der Waals surface area contributed by atoms with E-state index < -0.39 is 0 Å². The maximum absolute atomic E-state index is 11.6. The van der Waals surface area contributed by atoms with Gasteiger partial charge in [0.25, 0.3) is 0 Å². The van der Waals surface area contributed by atoms with Crippen molar-refractivity contribution in [1.29, 1.82) is 0 Å². The highest BCUT2D eigenvalue weighted by molar-refractivity contribution is 5.73. The lowest BCUT2D eigenvalue weighted by Gasteiger charge is -2.29. The Morgan fingerprint density at radius 1 is 1.47 bits per heavy atom. The maximum atomic E-state index is 11.6. The summed E-state index contributed by atoms with van der Waals surface area (Å²) in [5, 5.41) is 3.31. The Morgan fingerprint density at radius 3 is 2.47 bits per heavy atom. The van der Waals surface area contributed by atoms with E-state index in [9.17, 15) is 4.79 Å². The van der Waals surface area contributed by atoms with Crippen LogP contribution in [0.2, 0.25) is 0 Å². The van der Waals surface area contributed by atoms with Crippen molar-refractivity contribution in [2.45, 2.75) is 45.1 Å². The van der Waals surface area contributed by atoms with E-state index in [1.807, 2.05) is 7.05 Å². The summed E-state index contributed by atoms with van der Waals surface area (Å²) in [4.78, 5) is 11.6. The van der Waals surface area contributed by atoms with Gasteiger partial charge in [0.15, 0.2) is 0 Å². The monoisotopic (exact) mass is 213 g/mol. The van der Waals surface area contributed by atoms with Gasteiger partial charge in [-0.25, -0.2) is 0 Å². The lowest BCUT2D eigenvalue weighted by Crippen LogP contribution is -2.43. The zero-order valence-electron chi connectivity index (χ0n) is 10.1. The molecule has 0 bridgehead atoms. The van der Waals surface area contributed by atoms with Crippen LogP contribution in [0.1, 0.15) is 39.0 Å². The van der Waals surface area contributed by atoms with Gasteiger partial charge in [0.1, 0.15) is 0 Å². The molecule has 0 aliphatic heterocycles. The number of ether oxygens (including phenoxy) is 1. The largest absolute Gasteiger partial charge is 0.469 e. The molecular formula is C12H23NO2. The second-order valence-electron chi connectivity index (χ2n) is 4.40. The summed E-state index contributed by atoms with van der Waals surface area (Å²) in [6, 6.07) is 0.296. The van der Waals surface area contributed by atoms with Crippen LogP contribution < -0.4 is 5.32 Å². The molecule has 0 amide bonds. The number of hydrogen-bond acceptors (Lipinski definition) is 3. The van der Waals surface area contributed by atoms with Crippen LogP contribution in [0.5, 0.6) is 0 Å². The first-order valence-electron chi connectivity index (χ1n) is 5.99. The van der Waals surface area contributed by atoms with Crippen LogP contribution >= 0.6 is 0 Å². The van der Waals surface area contributed by atoms with Gasteiger partial charge in [-0.05, 0) is 32.2 Å². The molecule has 88 valence electrons. The molecule has 0 aromatic heterocycles. The van der Waals surface area contributed by atoms with Gasteiger partial charge < -0.3 is 10.1 Å². The molecule has 0 aromatic rings. The first-order chi connectivity index (χ1) is 7.24. The van der Waals surface area contributed by atoms with Gasteiger partial charge >= 0.3 is 5.97 Å². The van der Waals surface area contributed by atoms with Crippen LogP contribution in [0.4, 0.5) is 0 Å². The summed E-state index contributed by atoms with van der Waals surface area (Å²) in [6.45, 7) is 2.06. The minimum Gasteiger partial charge on any atom is -0.469 e. The Labute approximate surface area is 92.6 Å². The first-order valence-corrected chi connectivity index (χ1v) is 5.99. The van der Waals surface area contributed by atoms with E-state index in [1.165, 1.54) is 32.8 Å². The molecule has 3 nitrogen and oxygen atoms in total. The van der Waals surface area contributed by atoms with Crippen molar-refractivity contribution in [3.8, 4) is 0 Å². The van der Waals surface area contributed by atoms with Crippen molar-refractivity contribution in [1.82, 2.24) is 5.32 Å². The zero-order chi connectivity index (χ0) is 11.3. The van der Waals surface area contributed by atoms with Crippen LogP contribution in [-0.4, -0.2) is 26.2 Å². The Bertz CT molecular complexity index is 200. The molecule has 3 heteroatoms. The van der Waals surface area contributed by atoms with Gasteiger partial charge in [0.05, 0.1) is 13.0 Å². The normalized spacial score (nSPS) is 21.3. The molecule has 1 aliphatic carbocycles. The Morgan fingerprint density at radius 2 is 2.07 bits per heavy atom. The molecule has 2 atom stereocenters. The molecule has 0 radical (unpaired) electrons. The number of nitrogens with one attached hydrogen (secondary N) is 1. The Balaban J connectivity index is 2.64. The van der Waals surface area contributed by atoms with Crippen LogP contribution in [0.3, 0.4) is 0 Å². The van der Waals surface area contributed by atoms with Crippen molar-refractivity contribution >= 4 is 5.97 Å². The number of esters is 1. The number of carbonyl (C=O) groups is 1. The summed E-state index contributed by atoms with van der Waals surface area (Å²) in [7, 11) is 3.43. The fraction of sp³-hybridized carbons (Fsp3) is 0.917. The predicted octanol–water partition coefficient (Wildman–Crippen LogP) is 1.96. The summed E-state index contributed by atoms with van der Waals surface area (Å²) >= 11 is 0. The molecule has 0 heterocycles. The number of hydrogen-bond donors (Lipinski definition) is 1. The van der Waals surface area contributed by atoms with E-state index >= 15 is 0 Å². The van der Waals surface area contributed by atoms with Gasteiger partial charge in [-0.1, -0.05) is 19.8 Å². The van der Waals surface area contributed by atoms with Crippen molar-refractivity contribution in [3.05, 3.63) is 0 Å². The van der Waals surface area contributed by atoms with E-state index in [-0.39, 0.29) is 11.9 Å². The lowest BCUT2D eigenvalue weighted by molar-refractivity contribution is -0.147. The fourth-order valence-corrected chi connectivity index (χ4v) is 2.80. The minimum atomic E-state index is -0.0660.